The number of aromatic nitrogens is 1. The summed E-state index contributed by atoms with van der Waals surface area (Å²) in [4.78, 5) is 35.1. The van der Waals surface area contributed by atoms with E-state index >= 15 is 0 Å². The minimum atomic E-state index is -0.0152. The molecule has 0 radical (unpaired) electrons. The van der Waals surface area contributed by atoms with Gasteiger partial charge < -0.3 is 15.1 Å². The van der Waals surface area contributed by atoms with Crippen molar-refractivity contribution in [3.63, 3.8) is 0 Å². The molecule has 0 saturated carbocycles. The number of hydrogen-bond acceptors (Lipinski definition) is 6. The Morgan fingerprint density at radius 1 is 1.12 bits per heavy atom. The van der Waals surface area contributed by atoms with E-state index in [0.717, 1.165) is 44.2 Å². The van der Waals surface area contributed by atoms with E-state index in [1.807, 2.05) is 29.0 Å². The summed E-state index contributed by atoms with van der Waals surface area (Å²) in [6.07, 6.45) is 2.24. The van der Waals surface area contributed by atoms with E-state index < -0.39 is 0 Å². The monoisotopic (exact) mass is 365 g/mol. The Kier molecular flexibility index (Phi) is 5.90. The average Bonchev–Trinajstić information content (AvgIpc) is 3.26. The average molecular weight is 366 g/mol. The van der Waals surface area contributed by atoms with Gasteiger partial charge in [-0.2, -0.15) is 0 Å². The largest absolute Gasteiger partial charge is 0.359 e. The quantitative estimate of drug-likeness (QED) is 0.853. The number of hydrogen-bond donors (Lipinski definition) is 1. The molecule has 2 amide bonds. The van der Waals surface area contributed by atoms with Gasteiger partial charge in [-0.05, 0) is 26.7 Å². The predicted molar refractivity (Wildman–Crippen MR) is 99.0 cm³/mol. The van der Waals surface area contributed by atoms with Crippen molar-refractivity contribution < 1.29 is 9.59 Å². The molecular formula is C17H27N5O2S. The molecule has 0 bridgehead atoms. The van der Waals surface area contributed by atoms with Crippen LogP contribution in [0.2, 0.25) is 0 Å². The van der Waals surface area contributed by atoms with Gasteiger partial charge in [0.05, 0.1) is 6.54 Å². The van der Waals surface area contributed by atoms with Crippen LogP contribution in [0.25, 0.3) is 0 Å². The Morgan fingerprint density at radius 3 is 2.44 bits per heavy atom. The Hall–Kier alpha value is -1.67. The SMILES string of the molecule is CC(C)Nc1nc(C(=O)N2CCN(CC(=O)N3CCCC3)CC2)cs1. The minimum Gasteiger partial charge on any atom is -0.359 e. The van der Waals surface area contributed by atoms with Crippen molar-refractivity contribution in [1.29, 1.82) is 0 Å². The summed E-state index contributed by atoms with van der Waals surface area (Å²) in [6, 6.07) is 0.297. The smallest absolute Gasteiger partial charge is 0.273 e. The van der Waals surface area contributed by atoms with Crippen LogP contribution in [0.3, 0.4) is 0 Å². The van der Waals surface area contributed by atoms with Crippen molar-refractivity contribution in [2.24, 2.45) is 0 Å². The summed E-state index contributed by atoms with van der Waals surface area (Å²) < 4.78 is 0. The Morgan fingerprint density at radius 2 is 1.80 bits per heavy atom. The fraction of sp³-hybridized carbons (Fsp3) is 0.706. The molecule has 7 nitrogen and oxygen atoms in total. The maximum atomic E-state index is 12.6. The van der Waals surface area contributed by atoms with Gasteiger partial charge in [0.25, 0.3) is 5.91 Å². The van der Waals surface area contributed by atoms with E-state index in [0.29, 0.717) is 31.4 Å². The molecular weight excluding hydrogens is 338 g/mol. The third kappa shape index (κ3) is 4.70. The zero-order chi connectivity index (χ0) is 17.8. The standard InChI is InChI=1S/C17H27N5O2S/c1-13(2)18-17-19-14(12-25-17)16(24)22-9-7-20(8-10-22)11-15(23)21-5-3-4-6-21/h12-13H,3-11H2,1-2H3,(H,18,19). The molecule has 2 aliphatic rings. The summed E-state index contributed by atoms with van der Waals surface area (Å²) in [7, 11) is 0. The molecule has 0 spiro atoms. The first-order valence-corrected chi connectivity index (χ1v) is 9.92. The molecule has 0 unspecified atom stereocenters. The molecule has 2 saturated heterocycles. The van der Waals surface area contributed by atoms with Crippen LogP contribution in [0.15, 0.2) is 5.38 Å². The second-order valence-electron chi connectivity index (χ2n) is 6.99. The highest BCUT2D eigenvalue weighted by molar-refractivity contribution is 7.13. The molecule has 1 N–H and O–H groups in total. The van der Waals surface area contributed by atoms with Gasteiger partial charge in [-0.1, -0.05) is 0 Å². The van der Waals surface area contributed by atoms with E-state index in [4.69, 9.17) is 0 Å². The zero-order valence-electron chi connectivity index (χ0n) is 15.0. The summed E-state index contributed by atoms with van der Waals surface area (Å²) in [6.45, 7) is 9.15. The molecule has 0 aliphatic carbocycles. The number of carbonyl (C=O) groups is 2. The van der Waals surface area contributed by atoms with Gasteiger partial charge in [0.15, 0.2) is 5.13 Å². The maximum absolute atomic E-state index is 12.6. The number of rotatable bonds is 5. The molecule has 0 atom stereocenters. The van der Waals surface area contributed by atoms with Gasteiger partial charge in [0.1, 0.15) is 5.69 Å². The first-order chi connectivity index (χ1) is 12.0. The lowest BCUT2D eigenvalue weighted by Crippen LogP contribution is -2.51. The lowest BCUT2D eigenvalue weighted by atomic mass is 10.3. The van der Waals surface area contributed by atoms with E-state index in [-0.39, 0.29) is 11.8 Å². The number of nitrogens with one attached hydrogen (secondary N) is 1. The highest BCUT2D eigenvalue weighted by Crippen LogP contribution is 2.18. The molecule has 3 heterocycles. The van der Waals surface area contributed by atoms with E-state index in [2.05, 4.69) is 15.2 Å². The Labute approximate surface area is 153 Å². The van der Waals surface area contributed by atoms with Crippen molar-refractivity contribution in [2.45, 2.75) is 32.7 Å². The number of thiazole rings is 1. The summed E-state index contributed by atoms with van der Waals surface area (Å²) in [5, 5.41) is 5.83. The normalized spacial score (nSPS) is 18.8. The Bertz CT molecular complexity index is 604. The Balaban J connectivity index is 1.47. The number of carbonyl (C=O) groups excluding carboxylic acids is 2. The van der Waals surface area contributed by atoms with Crippen LogP contribution in [0.1, 0.15) is 37.2 Å². The van der Waals surface area contributed by atoms with Crippen LogP contribution < -0.4 is 5.32 Å². The summed E-state index contributed by atoms with van der Waals surface area (Å²) in [5.74, 6) is 0.208. The number of piperazine rings is 1. The third-order valence-electron chi connectivity index (χ3n) is 4.61. The molecule has 1 aromatic heterocycles. The van der Waals surface area contributed by atoms with Gasteiger partial charge in [0, 0.05) is 50.7 Å². The van der Waals surface area contributed by atoms with Crippen LogP contribution in [0.4, 0.5) is 5.13 Å². The first kappa shape index (κ1) is 18.1. The van der Waals surface area contributed by atoms with Crippen molar-refractivity contribution in [2.75, 3.05) is 51.1 Å². The zero-order valence-corrected chi connectivity index (χ0v) is 15.8. The van der Waals surface area contributed by atoms with Crippen LogP contribution in [0.5, 0.6) is 0 Å². The topological polar surface area (TPSA) is 68.8 Å². The van der Waals surface area contributed by atoms with Crippen LogP contribution in [-0.4, -0.2) is 83.4 Å². The maximum Gasteiger partial charge on any atom is 0.273 e. The molecule has 25 heavy (non-hydrogen) atoms. The van der Waals surface area contributed by atoms with Gasteiger partial charge in [-0.15, -0.1) is 11.3 Å². The fourth-order valence-corrected chi connectivity index (χ4v) is 4.05. The van der Waals surface area contributed by atoms with E-state index in [1.165, 1.54) is 11.3 Å². The van der Waals surface area contributed by atoms with E-state index in [1.54, 1.807) is 0 Å². The third-order valence-corrected chi connectivity index (χ3v) is 5.39. The lowest BCUT2D eigenvalue weighted by Gasteiger charge is -2.34. The van der Waals surface area contributed by atoms with Crippen LogP contribution in [-0.2, 0) is 4.79 Å². The minimum absolute atomic E-state index is 0.0152. The van der Waals surface area contributed by atoms with Gasteiger partial charge in [0.2, 0.25) is 5.91 Å². The highest BCUT2D eigenvalue weighted by Gasteiger charge is 2.26. The van der Waals surface area contributed by atoms with Crippen molar-refractivity contribution in [1.82, 2.24) is 19.7 Å². The van der Waals surface area contributed by atoms with Gasteiger partial charge in [-0.3, -0.25) is 14.5 Å². The summed E-state index contributed by atoms with van der Waals surface area (Å²) in [5.41, 5.74) is 0.509. The molecule has 3 rings (SSSR count). The van der Waals surface area contributed by atoms with E-state index in [9.17, 15) is 9.59 Å². The number of amides is 2. The molecule has 138 valence electrons. The van der Waals surface area contributed by atoms with Crippen LogP contribution in [0, 0.1) is 0 Å². The lowest BCUT2D eigenvalue weighted by molar-refractivity contribution is -0.131. The molecule has 2 aliphatic heterocycles. The second kappa shape index (κ2) is 8.14. The molecule has 2 fully saturated rings. The summed E-state index contributed by atoms with van der Waals surface area (Å²) >= 11 is 1.46. The van der Waals surface area contributed by atoms with Gasteiger partial charge >= 0.3 is 0 Å². The first-order valence-electron chi connectivity index (χ1n) is 9.04. The predicted octanol–water partition coefficient (Wildman–Crippen LogP) is 1.34. The molecule has 0 aromatic carbocycles. The second-order valence-corrected chi connectivity index (χ2v) is 7.85. The fourth-order valence-electron chi connectivity index (χ4n) is 3.21. The number of likely N-dealkylation sites (tertiary alicyclic amines) is 1. The van der Waals surface area contributed by atoms with Crippen molar-refractivity contribution in [3.05, 3.63) is 11.1 Å². The van der Waals surface area contributed by atoms with Crippen molar-refractivity contribution in [3.8, 4) is 0 Å². The van der Waals surface area contributed by atoms with Crippen molar-refractivity contribution >= 4 is 28.3 Å². The number of nitrogens with zero attached hydrogens (tertiary/aromatic N) is 4. The number of anilines is 1. The highest BCUT2D eigenvalue weighted by atomic mass is 32.1. The van der Waals surface area contributed by atoms with Crippen LogP contribution >= 0.6 is 11.3 Å². The molecule has 1 aromatic rings. The molecule has 8 heteroatoms. The van der Waals surface area contributed by atoms with Gasteiger partial charge in [-0.25, -0.2) is 4.98 Å².